The van der Waals surface area contributed by atoms with E-state index < -0.39 is 53.6 Å². The lowest BCUT2D eigenvalue weighted by Crippen LogP contribution is -2.44. The molecule has 0 spiro atoms. The predicted molar refractivity (Wildman–Crippen MR) is 254 cm³/mol. The van der Waals surface area contributed by atoms with Crippen molar-refractivity contribution in [3.8, 4) is 0 Å². The Morgan fingerprint density at radius 2 is 0.868 bits per heavy atom. The summed E-state index contributed by atoms with van der Waals surface area (Å²) in [5.41, 5.74) is 3.84. The van der Waals surface area contributed by atoms with Crippen molar-refractivity contribution in [3.63, 3.8) is 0 Å². The van der Waals surface area contributed by atoms with E-state index in [4.69, 9.17) is 39.3 Å². The summed E-state index contributed by atoms with van der Waals surface area (Å²) < 4.78 is 32.1. The highest BCUT2D eigenvalue weighted by molar-refractivity contribution is 5.86. The van der Waals surface area contributed by atoms with Crippen molar-refractivity contribution in [1.82, 2.24) is 21.3 Å². The van der Waals surface area contributed by atoms with Gasteiger partial charge in [0, 0.05) is 38.8 Å². The van der Waals surface area contributed by atoms with Crippen LogP contribution in [0, 0.1) is 0 Å². The number of carboxylic acids is 1. The van der Waals surface area contributed by atoms with Crippen LogP contribution in [0.3, 0.4) is 0 Å². The van der Waals surface area contributed by atoms with Crippen LogP contribution >= 0.6 is 0 Å². The van der Waals surface area contributed by atoms with Crippen LogP contribution in [0.5, 0.6) is 0 Å². The van der Waals surface area contributed by atoms with E-state index in [0.717, 1.165) is 44.9 Å². The molecule has 0 aromatic heterocycles. The van der Waals surface area contributed by atoms with Gasteiger partial charge in [-0.3, -0.25) is 28.8 Å². The lowest BCUT2D eigenvalue weighted by atomic mass is 10.0. The zero-order chi connectivity index (χ0) is 51.1. The van der Waals surface area contributed by atoms with Gasteiger partial charge in [0.1, 0.15) is 36.5 Å². The largest absolute Gasteiger partial charge is 0.480 e. The molecule has 0 saturated heterocycles. The van der Waals surface area contributed by atoms with Gasteiger partial charge >= 0.3 is 17.9 Å². The lowest BCUT2D eigenvalue weighted by molar-refractivity contribution is -0.159. The normalized spacial score (nSPS) is 12.4. The van der Waals surface area contributed by atoms with Gasteiger partial charge in [-0.25, -0.2) is 9.59 Å². The van der Waals surface area contributed by atoms with E-state index in [9.17, 15) is 38.4 Å². The van der Waals surface area contributed by atoms with Gasteiger partial charge in [-0.15, -0.1) is 0 Å². The summed E-state index contributed by atoms with van der Waals surface area (Å²) in [6.45, 7) is 11.6. The molecule has 0 aromatic rings. The Balaban J connectivity index is 4.02. The first-order valence-electron chi connectivity index (χ1n) is 24.6. The highest BCUT2D eigenvalue weighted by Crippen LogP contribution is 2.16. The molecule has 0 rings (SSSR count). The number of nitrogens with two attached hydrogens (primary N) is 1. The monoisotopic (exact) mass is 974 g/mol. The van der Waals surface area contributed by atoms with Crippen molar-refractivity contribution in [2.75, 3.05) is 65.9 Å². The molecule has 20 nitrogen and oxygen atoms in total. The van der Waals surface area contributed by atoms with Crippen LogP contribution in [-0.4, -0.2) is 142 Å². The first-order chi connectivity index (χ1) is 32.2. The molecular weight excluding hydrogens is 887 g/mol. The standard InChI is InChI=1S/C48H87N5O15/c1-47(2,3)67-44(59)22-20-18-16-14-12-10-8-7-9-11-13-15-17-19-21-41(56)53-38(46(62)68-48(4,5)6)24-26-40(55)50-27-29-63-31-33-65-35-42(57)51-28-30-64-32-34-66-36-43(58)52-37(45(60)61)23-25-39(49)54/h37-38H,7-36H2,1-6H3,(H2,49,54)(H,50,55)(H,51,57)(H,52,58)(H,53,56)(H,60,61)/t37-,38+/m0/s1. The van der Waals surface area contributed by atoms with Gasteiger partial charge in [0.15, 0.2) is 0 Å². The molecule has 68 heavy (non-hydrogen) atoms. The summed E-state index contributed by atoms with van der Waals surface area (Å²) in [7, 11) is 0. The van der Waals surface area contributed by atoms with Crippen LogP contribution in [-0.2, 0) is 66.8 Å². The van der Waals surface area contributed by atoms with E-state index >= 15 is 0 Å². The van der Waals surface area contributed by atoms with Crippen molar-refractivity contribution in [1.29, 1.82) is 0 Å². The molecular formula is C48H87N5O15. The second kappa shape index (κ2) is 39.4. The second-order valence-corrected chi connectivity index (χ2v) is 18.7. The number of hydrogen-bond donors (Lipinski definition) is 6. The number of carbonyl (C=O) groups excluding carboxylic acids is 7. The molecule has 0 aliphatic heterocycles. The summed E-state index contributed by atoms with van der Waals surface area (Å²) in [4.78, 5) is 95.9. The molecule has 0 aliphatic rings. The summed E-state index contributed by atoms with van der Waals surface area (Å²) in [5.74, 6) is -4.24. The first-order valence-corrected chi connectivity index (χ1v) is 24.6. The van der Waals surface area contributed by atoms with E-state index in [2.05, 4.69) is 21.3 Å². The number of aliphatic carboxylic acids is 1. The number of rotatable bonds is 43. The SMILES string of the molecule is CC(C)(C)OC(=O)CCCCCCCCCCCCCCCCC(=O)N[C@H](CCC(=O)NCCOCCOCC(=O)NCCOCCOCC(=O)N[C@@H](CCC(N)=O)C(=O)O)C(=O)OC(C)(C)C. The summed E-state index contributed by atoms with van der Waals surface area (Å²) in [6.07, 6.45) is 16.1. The van der Waals surface area contributed by atoms with Crippen molar-refractivity contribution < 1.29 is 71.9 Å². The van der Waals surface area contributed by atoms with Gasteiger partial charge in [0.05, 0.1) is 39.6 Å². The van der Waals surface area contributed by atoms with E-state index in [0.29, 0.717) is 12.8 Å². The molecule has 394 valence electrons. The van der Waals surface area contributed by atoms with E-state index in [1.54, 1.807) is 20.8 Å². The van der Waals surface area contributed by atoms with Gasteiger partial charge in [-0.1, -0.05) is 77.0 Å². The Morgan fingerprint density at radius 1 is 0.456 bits per heavy atom. The smallest absolute Gasteiger partial charge is 0.329 e. The fraction of sp³-hybridized carbons (Fsp3) is 0.833. The van der Waals surface area contributed by atoms with Crippen molar-refractivity contribution in [2.24, 2.45) is 5.73 Å². The highest BCUT2D eigenvalue weighted by atomic mass is 16.6. The van der Waals surface area contributed by atoms with Crippen LogP contribution < -0.4 is 27.0 Å². The van der Waals surface area contributed by atoms with Crippen molar-refractivity contribution in [3.05, 3.63) is 0 Å². The Bertz CT molecular complexity index is 1450. The number of carboxylic acid groups (broad SMARTS) is 1. The Kier molecular flexibility index (Phi) is 36.9. The number of carbonyl (C=O) groups is 8. The van der Waals surface area contributed by atoms with Gasteiger partial charge < -0.3 is 60.5 Å². The molecule has 0 saturated carbocycles. The number of amides is 5. The van der Waals surface area contributed by atoms with Gasteiger partial charge in [-0.05, 0) is 67.2 Å². The summed E-state index contributed by atoms with van der Waals surface area (Å²) >= 11 is 0. The minimum absolute atomic E-state index is 0.00430. The Hall–Kier alpha value is -4.40. The number of esters is 2. The predicted octanol–water partition coefficient (Wildman–Crippen LogP) is 4.31. The third kappa shape index (κ3) is 42.9. The molecule has 20 heteroatoms. The highest BCUT2D eigenvalue weighted by Gasteiger charge is 2.27. The molecule has 0 bridgehead atoms. The van der Waals surface area contributed by atoms with Crippen LogP contribution in [0.25, 0.3) is 0 Å². The maximum absolute atomic E-state index is 12.9. The zero-order valence-electron chi connectivity index (χ0n) is 42.1. The van der Waals surface area contributed by atoms with E-state index in [1.165, 1.54) is 44.9 Å². The first kappa shape index (κ1) is 63.6. The summed E-state index contributed by atoms with van der Waals surface area (Å²) in [5, 5.41) is 19.5. The van der Waals surface area contributed by atoms with E-state index in [-0.39, 0.29) is 109 Å². The molecule has 7 N–H and O–H groups in total. The number of primary amides is 1. The average molecular weight is 974 g/mol. The Labute approximate surface area is 404 Å². The fourth-order valence-corrected chi connectivity index (χ4v) is 6.45. The molecule has 0 heterocycles. The number of nitrogens with one attached hydrogen (secondary N) is 4. The quantitative estimate of drug-likeness (QED) is 0.0367. The van der Waals surface area contributed by atoms with Crippen LogP contribution in [0.15, 0.2) is 0 Å². The van der Waals surface area contributed by atoms with Crippen molar-refractivity contribution >= 4 is 47.4 Å². The van der Waals surface area contributed by atoms with Crippen LogP contribution in [0.4, 0.5) is 0 Å². The summed E-state index contributed by atoms with van der Waals surface area (Å²) in [6, 6.07) is -2.21. The lowest BCUT2D eigenvalue weighted by Gasteiger charge is -2.24. The van der Waals surface area contributed by atoms with Gasteiger partial charge in [-0.2, -0.15) is 0 Å². The van der Waals surface area contributed by atoms with Gasteiger partial charge in [0.2, 0.25) is 29.5 Å². The minimum Gasteiger partial charge on any atom is -0.480 e. The molecule has 0 aromatic carbocycles. The van der Waals surface area contributed by atoms with Crippen LogP contribution in [0.2, 0.25) is 0 Å². The zero-order valence-corrected chi connectivity index (χ0v) is 42.1. The number of hydrogen-bond acceptors (Lipinski definition) is 14. The second-order valence-electron chi connectivity index (χ2n) is 18.7. The van der Waals surface area contributed by atoms with Crippen LogP contribution in [0.1, 0.15) is 170 Å². The third-order valence-corrected chi connectivity index (χ3v) is 9.80. The molecule has 2 atom stereocenters. The maximum atomic E-state index is 12.9. The molecule has 0 radical (unpaired) electrons. The third-order valence-electron chi connectivity index (χ3n) is 9.80. The fourth-order valence-electron chi connectivity index (χ4n) is 6.45. The minimum atomic E-state index is -1.29. The van der Waals surface area contributed by atoms with Gasteiger partial charge in [0.25, 0.3) is 0 Å². The van der Waals surface area contributed by atoms with Crippen molar-refractivity contribution in [2.45, 2.75) is 193 Å². The molecule has 5 amide bonds. The number of ether oxygens (including phenoxy) is 6. The molecule has 0 unspecified atom stereocenters. The number of unbranched alkanes of at least 4 members (excludes halogenated alkanes) is 13. The topological polar surface area (TPSA) is 286 Å². The molecule has 0 aliphatic carbocycles. The maximum Gasteiger partial charge on any atom is 0.329 e. The Morgan fingerprint density at radius 3 is 1.34 bits per heavy atom. The van der Waals surface area contributed by atoms with E-state index in [1.807, 2.05) is 20.8 Å². The molecule has 0 fully saturated rings. The average Bonchev–Trinajstić information content (AvgIpc) is 3.23.